The molecule has 0 radical (unpaired) electrons. The first-order valence-electron chi connectivity index (χ1n) is 11.7. The molecule has 1 heterocycles. The molecule has 0 saturated heterocycles. The van der Waals surface area contributed by atoms with Gasteiger partial charge in [0.1, 0.15) is 0 Å². The van der Waals surface area contributed by atoms with Crippen molar-refractivity contribution in [2.45, 2.75) is 76.5 Å². The van der Waals surface area contributed by atoms with E-state index < -0.39 is 0 Å². The molecule has 154 valence electrons. The van der Waals surface area contributed by atoms with Crippen molar-refractivity contribution >= 4 is 11.4 Å². The van der Waals surface area contributed by atoms with E-state index in [2.05, 4.69) is 62.5 Å². The zero-order chi connectivity index (χ0) is 20.7. The van der Waals surface area contributed by atoms with Gasteiger partial charge in [0, 0.05) is 29.8 Å². The number of fused-ring (bicyclic) bond motifs is 2. The smallest absolute Gasteiger partial charge is 0.162 e. The molecule has 30 heavy (non-hydrogen) atoms. The Morgan fingerprint density at radius 1 is 1.17 bits per heavy atom. The SMILES string of the molecule is CCCCC(=O)c1ccc2c(c1)C(c1ccc(C3=CC(CC)=CC3)cn1)CC21CC1. The molecule has 3 aliphatic rings. The van der Waals surface area contributed by atoms with Crippen LogP contribution in [0.1, 0.15) is 104 Å². The first-order valence-corrected chi connectivity index (χ1v) is 11.7. The molecule has 1 aromatic carbocycles. The van der Waals surface area contributed by atoms with Gasteiger partial charge in [-0.25, -0.2) is 0 Å². The number of carbonyl (C=O) groups is 1. The number of benzene rings is 1. The third-order valence-electron chi connectivity index (χ3n) is 7.39. The quantitative estimate of drug-likeness (QED) is 0.465. The van der Waals surface area contributed by atoms with Crippen LogP contribution in [0.3, 0.4) is 0 Å². The Labute approximate surface area is 180 Å². The van der Waals surface area contributed by atoms with Gasteiger partial charge < -0.3 is 0 Å². The van der Waals surface area contributed by atoms with E-state index in [-0.39, 0.29) is 5.78 Å². The zero-order valence-corrected chi connectivity index (χ0v) is 18.2. The van der Waals surface area contributed by atoms with Crippen molar-refractivity contribution in [2.75, 3.05) is 0 Å². The fraction of sp³-hybridized carbons (Fsp3) is 0.429. The number of Topliss-reactive ketones (excluding diaryl/α,β-unsaturated/α-hetero) is 1. The highest BCUT2D eigenvalue weighted by molar-refractivity contribution is 5.96. The molecule has 5 rings (SSSR count). The summed E-state index contributed by atoms with van der Waals surface area (Å²) in [7, 11) is 0. The number of carbonyl (C=O) groups excluding carboxylic acids is 1. The summed E-state index contributed by atoms with van der Waals surface area (Å²) in [6.07, 6.45) is 15.2. The van der Waals surface area contributed by atoms with Crippen molar-refractivity contribution in [3.05, 3.63) is 82.2 Å². The van der Waals surface area contributed by atoms with E-state index in [1.165, 1.54) is 40.7 Å². The van der Waals surface area contributed by atoms with E-state index >= 15 is 0 Å². The molecule has 2 heteroatoms. The normalized spacial score (nSPS) is 20.8. The molecule has 2 nitrogen and oxygen atoms in total. The van der Waals surface area contributed by atoms with Crippen LogP contribution >= 0.6 is 0 Å². The number of aromatic nitrogens is 1. The lowest BCUT2D eigenvalue weighted by Crippen LogP contribution is -2.03. The Morgan fingerprint density at radius 3 is 2.70 bits per heavy atom. The van der Waals surface area contributed by atoms with Crippen LogP contribution in [0.25, 0.3) is 5.57 Å². The molecule has 1 fully saturated rings. The Kier molecular flexibility index (Phi) is 4.97. The van der Waals surface area contributed by atoms with Gasteiger partial charge in [0.2, 0.25) is 0 Å². The van der Waals surface area contributed by atoms with Gasteiger partial charge in [-0.1, -0.05) is 56.2 Å². The molecule has 2 aromatic rings. The van der Waals surface area contributed by atoms with Crippen LogP contribution in [0.4, 0.5) is 0 Å². The van der Waals surface area contributed by atoms with Crippen molar-refractivity contribution in [1.29, 1.82) is 0 Å². The van der Waals surface area contributed by atoms with Gasteiger partial charge in [-0.05, 0) is 78.3 Å². The second-order valence-electron chi connectivity index (χ2n) is 9.34. The summed E-state index contributed by atoms with van der Waals surface area (Å²) in [5.74, 6) is 0.600. The van der Waals surface area contributed by atoms with E-state index in [9.17, 15) is 4.79 Å². The molecule has 3 aliphatic carbocycles. The topological polar surface area (TPSA) is 30.0 Å². The monoisotopic (exact) mass is 397 g/mol. The van der Waals surface area contributed by atoms with Gasteiger partial charge in [-0.15, -0.1) is 0 Å². The maximum atomic E-state index is 12.6. The van der Waals surface area contributed by atoms with Gasteiger partial charge >= 0.3 is 0 Å². The Bertz CT molecular complexity index is 1040. The predicted octanol–water partition coefficient (Wildman–Crippen LogP) is 7.15. The highest BCUT2D eigenvalue weighted by atomic mass is 16.1. The number of nitrogens with zero attached hydrogens (tertiary/aromatic N) is 1. The van der Waals surface area contributed by atoms with E-state index in [4.69, 9.17) is 4.98 Å². The van der Waals surface area contributed by atoms with Crippen LogP contribution in [0.15, 0.2) is 54.3 Å². The van der Waals surface area contributed by atoms with Crippen LogP contribution in [0.5, 0.6) is 0 Å². The summed E-state index contributed by atoms with van der Waals surface area (Å²) in [6, 6.07) is 11.0. The van der Waals surface area contributed by atoms with Crippen molar-refractivity contribution in [2.24, 2.45) is 0 Å². The maximum absolute atomic E-state index is 12.6. The molecule has 1 saturated carbocycles. The Balaban J connectivity index is 1.43. The highest BCUT2D eigenvalue weighted by Gasteiger charge is 2.52. The zero-order valence-electron chi connectivity index (χ0n) is 18.2. The van der Waals surface area contributed by atoms with Crippen LogP contribution < -0.4 is 0 Å². The molecular formula is C28H31NO. The molecule has 0 amide bonds. The predicted molar refractivity (Wildman–Crippen MR) is 123 cm³/mol. The number of pyridine rings is 1. The standard InChI is InChI=1S/C28H31NO/c1-3-5-6-27(30)21-9-11-25-23(16-21)24(17-28(25)13-14-28)26-12-10-22(18-29-26)20-8-7-19(4-2)15-20/h7,9-12,15-16,18,24H,3-6,8,13-14,17H2,1-2H3. The lowest BCUT2D eigenvalue weighted by molar-refractivity contribution is 0.0979. The van der Waals surface area contributed by atoms with Crippen molar-refractivity contribution < 1.29 is 4.79 Å². The Morgan fingerprint density at radius 2 is 2.03 bits per heavy atom. The second kappa shape index (κ2) is 7.65. The Hall–Kier alpha value is -2.48. The second-order valence-corrected chi connectivity index (χ2v) is 9.34. The number of unbranched alkanes of at least 4 members (excludes halogenated alkanes) is 1. The maximum Gasteiger partial charge on any atom is 0.162 e. The third kappa shape index (κ3) is 3.37. The van der Waals surface area contributed by atoms with E-state index in [0.29, 0.717) is 17.8 Å². The number of hydrogen-bond acceptors (Lipinski definition) is 2. The lowest BCUT2D eigenvalue weighted by atomic mass is 9.93. The van der Waals surface area contributed by atoms with Crippen LogP contribution in [0.2, 0.25) is 0 Å². The molecule has 0 aliphatic heterocycles. The van der Waals surface area contributed by atoms with Crippen LogP contribution in [-0.2, 0) is 5.41 Å². The summed E-state index contributed by atoms with van der Waals surface area (Å²) < 4.78 is 0. The van der Waals surface area contributed by atoms with Crippen molar-refractivity contribution in [3.63, 3.8) is 0 Å². The largest absolute Gasteiger partial charge is 0.294 e. The minimum Gasteiger partial charge on any atom is -0.294 e. The summed E-state index contributed by atoms with van der Waals surface area (Å²) in [6.45, 7) is 4.35. The molecular weight excluding hydrogens is 366 g/mol. The fourth-order valence-corrected chi connectivity index (χ4v) is 5.32. The molecule has 1 aromatic heterocycles. The molecule has 1 spiro atoms. The van der Waals surface area contributed by atoms with Crippen molar-refractivity contribution in [3.8, 4) is 0 Å². The number of ketones is 1. The molecule has 1 unspecified atom stereocenters. The molecule has 1 atom stereocenters. The average Bonchev–Trinajstić information content (AvgIpc) is 3.27. The average molecular weight is 398 g/mol. The number of hydrogen-bond donors (Lipinski definition) is 0. The first kappa shape index (κ1) is 19.5. The van der Waals surface area contributed by atoms with E-state index in [1.807, 2.05) is 0 Å². The molecule has 0 N–H and O–H groups in total. The summed E-state index contributed by atoms with van der Waals surface area (Å²) in [5.41, 5.74) is 9.25. The minimum atomic E-state index is 0.283. The first-order chi connectivity index (χ1) is 14.6. The van der Waals surface area contributed by atoms with Gasteiger partial charge in [-0.3, -0.25) is 9.78 Å². The third-order valence-corrected chi connectivity index (χ3v) is 7.39. The van der Waals surface area contributed by atoms with Crippen LogP contribution in [0, 0.1) is 0 Å². The number of rotatable bonds is 7. The van der Waals surface area contributed by atoms with Gasteiger partial charge in [0.15, 0.2) is 5.78 Å². The van der Waals surface area contributed by atoms with Crippen molar-refractivity contribution in [1.82, 2.24) is 4.98 Å². The fourth-order valence-electron chi connectivity index (χ4n) is 5.32. The van der Waals surface area contributed by atoms with Gasteiger partial charge in [-0.2, -0.15) is 0 Å². The van der Waals surface area contributed by atoms with Gasteiger partial charge in [0.25, 0.3) is 0 Å². The minimum absolute atomic E-state index is 0.283. The highest BCUT2D eigenvalue weighted by Crippen LogP contribution is 2.61. The van der Waals surface area contributed by atoms with E-state index in [1.54, 1.807) is 0 Å². The number of allylic oxidation sites excluding steroid dienone is 4. The molecule has 0 bridgehead atoms. The summed E-state index contributed by atoms with van der Waals surface area (Å²) in [5, 5.41) is 0. The van der Waals surface area contributed by atoms with E-state index in [0.717, 1.165) is 43.4 Å². The summed E-state index contributed by atoms with van der Waals surface area (Å²) >= 11 is 0. The summed E-state index contributed by atoms with van der Waals surface area (Å²) in [4.78, 5) is 17.6. The lowest BCUT2D eigenvalue weighted by Gasteiger charge is -2.13. The van der Waals surface area contributed by atoms with Crippen LogP contribution in [-0.4, -0.2) is 10.8 Å². The van der Waals surface area contributed by atoms with Gasteiger partial charge in [0.05, 0.1) is 0 Å².